The maximum absolute atomic E-state index is 6.47. The third kappa shape index (κ3) is 4.67. The van der Waals surface area contributed by atoms with Crippen molar-refractivity contribution in [1.29, 1.82) is 0 Å². The summed E-state index contributed by atoms with van der Waals surface area (Å²) < 4.78 is 12.7. The number of para-hydroxylation sites is 1. The Morgan fingerprint density at radius 2 is 0.760 bits per heavy atom. The first-order valence-electron chi connectivity index (χ1n) is 16.6. The monoisotopic (exact) mass is 641 g/mol. The molecule has 10 rings (SSSR count). The average molecular weight is 642 g/mol. The van der Waals surface area contributed by atoms with E-state index in [-0.39, 0.29) is 0 Å². The van der Waals surface area contributed by atoms with Gasteiger partial charge in [0.05, 0.1) is 0 Å². The molecular formula is C45H27N3O2. The Morgan fingerprint density at radius 1 is 0.300 bits per heavy atom. The molecule has 0 aliphatic heterocycles. The SMILES string of the molecule is c1ccc(-c2ccc(-c3nc(-c4cccc5oc6ccccc6c45)nc(-c4cccc5oc6cc(-c7ccccc7)ccc6c45)n3)cc2)cc1. The number of rotatable bonds is 5. The zero-order valence-electron chi connectivity index (χ0n) is 26.7. The zero-order chi connectivity index (χ0) is 33.0. The second-order valence-electron chi connectivity index (χ2n) is 12.4. The van der Waals surface area contributed by atoms with Crippen molar-refractivity contribution in [1.82, 2.24) is 15.0 Å². The van der Waals surface area contributed by atoms with Gasteiger partial charge in [0, 0.05) is 38.2 Å². The summed E-state index contributed by atoms with van der Waals surface area (Å²) in [7, 11) is 0. The van der Waals surface area contributed by atoms with Crippen molar-refractivity contribution in [3.8, 4) is 56.4 Å². The van der Waals surface area contributed by atoms with Crippen molar-refractivity contribution in [3.05, 3.63) is 164 Å². The van der Waals surface area contributed by atoms with Gasteiger partial charge < -0.3 is 8.83 Å². The summed E-state index contributed by atoms with van der Waals surface area (Å²) in [5, 5.41) is 3.97. The number of hydrogen-bond acceptors (Lipinski definition) is 5. The molecule has 3 aromatic heterocycles. The van der Waals surface area contributed by atoms with E-state index in [9.17, 15) is 0 Å². The number of furan rings is 2. The smallest absolute Gasteiger partial charge is 0.164 e. The molecule has 5 nitrogen and oxygen atoms in total. The van der Waals surface area contributed by atoms with E-state index in [0.29, 0.717) is 17.5 Å². The van der Waals surface area contributed by atoms with E-state index in [4.69, 9.17) is 23.8 Å². The largest absolute Gasteiger partial charge is 0.456 e. The van der Waals surface area contributed by atoms with Crippen LogP contribution in [-0.2, 0) is 0 Å². The van der Waals surface area contributed by atoms with Crippen molar-refractivity contribution in [2.24, 2.45) is 0 Å². The maximum Gasteiger partial charge on any atom is 0.164 e. The second-order valence-corrected chi connectivity index (χ2v) is 12.4. The molecule has 10 aromatic rings. The third-order valence-corrected chi connectivity index (χ3v) is 9.37. The molecule has 234 valence electrons. The molecule has 7 aromatic carbocycles. The Bertz CT molecular complexity index is 2850. The van der Waals surface area contributed by atoms with Crippen LogP contribution >= 0.6 is 0 Å². The minimum absolute atomic E-state index is 0.572. The highest BCUT2D eigenvalue weighted by atomic mass is 16.3. The summed E-state index contributed by atoms with van der Waals surface area (Å²) in [5.74, 6) is 1.73. The van der Waals surface area contributed by atoms with E-state index in [2.05, 4.69) is 97.1 Å². The molecule has 3 heterocycles. The molecule has 0 fully saturated rings. The van der Waals surface area contributed by atoms with Gasteiger partial charge in [0.25, 0.3) is 0 Å². The van der Waals surface area contributed by atoms with Crippen LogP contribution in [0.5, 0.6) is 0 Å². The van der Waals surface area contributed by atoms with Gasteiger partial charge in [0.2, 0.25) is 0 Å². The molecule has 50 heavy (non-hydrogen) atoms. The van der Waals surface area contributed by atoms with Gasteiger partial charge in [-0.2, -0.15) is 0 Å². The summed E-state index contributed by atoms with van der Waals surface area (Å²) in [6, 6.07) is 55.7. The van der Waals surface area contributed by atoms with Crippen LogP contribution in [0.3, 0.4) is 0 Å². The molecule has 0 bridgehead atoms. The Kier molecular flexibility index (Phi) is 6.42. The van der Waals surface area contributed by atoms with Crippen LogP contribution in [-0.4, -0.2) is 15.0 Å². The lowest BCUT2D eigenvalue weighted by Crippen LogP contribution is -2.00. The van der Waals surface area contributed by atoms with E-state index in [1.807, 2.05) is 66.7 Å². The highest BCUT2D eigenvalue weighted by Gasteiger charge is 2.20. The predicted octanol–water partition coefficient (Wildman–Crippen LogP) is 12.0. The predicted molar refractivity (Wildman–Crippen MR) is 202 cm³/mol. The minimum atomic E-state index is 0.572. The summed E-state index contributed by atoms with van der Waals surface area (Å²) >= 11 is 0. The number of fused-ring (bicyclic) bond motifs is 6. The Morgan fingerprint density at radius 3 is 1.42 bits per heavy atom. The van der Waals surface area contributed by atoms with Crippen molar-refractivity contribution in [2.45, 2.75) is 0 Å². The highest BCUT2D eigenvalue weighted by Crippen LogP contribution is 2.40. The molecule has 0 amide bonds. The molecule has 0 saturated carbocycles. The molecule has 0 N–H and O–H groups in total. The van der Waals surface area contributed by atoms with Crippen LogP contribution < -0.4 is 0 Å². The number of benzene rings is 7. The van der Waals surface area contributed by atoms with Gasteiger partial charge >= 0.3 is 0 Å². The molecule has 0 aliphatic carbocycles. The lowest BCUT2D eigenvalue weighted by molar-refractivity contribution is 0.668. The van der Waals surface area contributed by atoms with E-state index in [0.717, 1.165) is 82.8 Å². The fraction of sp³-hybridized carbons (Fsp3) is 0. The lowest BCUT2D eigenvalue weighted by atomic mass is 10.0. The van der Waals surface area contributed by atoms with E-state index in [1.54, 1.807) is 0 Å². The Labute approximate surface area is 287 Å². The van der Waals surface area contributed by atoms with Crippen LogP contribution in [0.1, 0.15) is 0 Å². The van der Waals surface area contributed by atoms with Crippen LogP contribution in [0.15, 0.2) is 173 Å². The first-order valence-corrected chi connectivity index (χ1v) is 16.6. The van der Waals surface area contributed by atoms with Crippen LogP contribution in [0.25, 0.3) is 100 Å². The average Bonchev–Trinajstić information content (AvgIpc) is 3.77. The van der Waals surface area contributed by atoms with Gasteiger partial charge in [-0.05, 0) is 52.6 Å². The first-order chi connectivity index (χ1) is 24.8. The summed E-state index contributed by atoms with van der Waals surface area (Å²) in [6.45, 7) is 0. The quantitative estimate of drug-likeness (QED) is 0.187. The van der Waals surface area contributed by atoms with E-state index >= 15 is 0 Å². The molecule has 0 atom stereocenters. The fourth-order valence-corrected chi connectivity index (χ4v) is 6.97. The third-order valence-electron chi connectivity index (χ3n) is 9.37. The van der Waals surface area contributed by atoms with Gasteiger partial charge in [0.1, 0.15) is 22.3 Å². The Hall–Kier alpha value is -6.85. The molecule has 0 saturated heterocycles. The summed E-state index contributed by atoms with van der Waals surface area (Å²) in [5.41, 5.74) is 10.4. The van der Waals surface area contributed by atoms with Gasteiger partial charge in [0.15, 0.2) is 17.5 Å². The molecule has 0 aliphatic rings. The Balaban J connectivity index is 1.19. The van der Waals surface area contributed by atoms with Crippen molar-refractivity contribution >= 4 is 43.9 Å². The number of hydrogen-bond donors (Lipinski definition) is 0. The number of aromatic nitrogens is 3. The van der Waals surface area contributed by atoms with Crippen molar-refractivity contribution in [3.63, 3.8) is 0 Å². The van der Waals surface area contributed by atoms with Gasteiger partial charge in [-0.25, -0.2) is 15.0 Å². The maximum atomic E-state index is 6.47. The van der Waals surface area contributed by atoms with Crippen LogP contribution in [0.2, 0.25) is 0 Å². The first kappa shape index (κ1) is 28.2. The van der Waals surface area contributed by atoms with Gasteiger partial charge in [-0.15, -0.1) is 0 Å². The molecule has 0 unspecified atom stereocenters. The van der Waals surface area contributed by atoms with Crippen molar-refractivity contribution < 1.29 is 8.83 Å². The molecule has 0 radical (unpaired) electrons. The summed E-state index contributed by atoms with van der Waals surface area (Å²) in [4.78, 5) is 15.5. The highest BCUT2D eigenvalue weighted by molar-refractivity contribution is 6.13. The lowest BCUT2D eigenvalue weighted by Gasteiger charge is -2.10. The van der Waals surface area contributed by atoms with E-state index < -0.39 is 0 Å². The fourth-order valence-electron chi connectivity index (χ4n) is 6.97. The van der Waals surface area contributed by atoms with Gasteiger partial charge in [-0.1, -0.05) is 133 Å². The molecule has 0 spiro atoms. The standard InChI is InChI=1S/C45H27N3O2/c1-3-11-28(12-4-1)30-21-23-31(24-22-30)43-46-44(35-16-9-19-38-41(35)33-15-7-8-18-37(33)49-38)48-45(47-43)36-17-10-20-39-42(36)34-26-25-32(27-40(34)50-39)29-13-5-2-6-14-29/h1-27H. The molecular weight excluding hydrogens is 615 g/mol. The second kappa shape index (κ2) is 11.4. The van der Waals surface area contributed by atoms with Crippen molar-refractivity contribution in [2.75, 3.05) is 0 Å². The van der Waals surface area contributed by atoms with Gasteiger partial charge in [-0.3, -0.25) is 0 Å². The zero-order valence-corrected chi connectivity index (χ0v) is 26.7. The normalized spacial score (nSPS) is 11.6. The van der Waals surface area contributed by atoms with E-state index in [1.165, 1.54) is 0 Å². The minimum Gasteiger partial charge on any atom is -0.456 e. The van der Waals surface area contributed by atoms with Crippen LogP contribution in [0, 0.1) is 0 Å². The van der Waals surface area contributed by atoms with Crippen LogP contribution in [0.4, 0.5) is 0 Å². The summed E-state index contributed by atoms with van der Waals surface area (Å²) in [6.07, 6.45) is 0. The molecule has 5 heteroatoms. The number of nitrogens with zero attached hydrogens (tertiary/aromatic N) is 3. The topological polar surface area (TPSA) is 65.0 Å².